The maximum absolute atomic E-state index is 12.2. The summed E-state index contributed by atoms with van der Waals surface area (Å²) in [6.45, 7) is 9.37. The fraction of sp³-hybridized carbons (Fsp3) is 0.923. The third-order valence-electron chi connectivity index (χ3n) is 2.88. The van der Waals surface area contributed by atoms with Gasteiger partial charge in [0.2, 0.25) is 5.91 Å². The predicted octanol–water partition coefficient (Wildman–Crippen LogP) is 2.01. The van der Waals surface area contributed by atoms with Crippen molar-refractivity contribution in [1.82, 2.24) is 4.90 Å². The van der Waals surface area contributed by atoms with Gasteiger partial charge in [0.1, 0.15) is 0 Å². The van der Waals surface area contributed by atoms with Gasteiger partial charge in [0.15, 0.2) is 0 Å². The van der Waals surface area contributed by atoms with Gasteiger partial charge in [-0.2, -0.15) is 0 Å². The molecule has 2 N–H and O–H groups in total. The minimum Gasteiger partial charge on any atom is -0.338 e. The SMILES string of the molecule is CC(C)C[C@@H](N)C(=O)N(CC(C)C)C1CC1. The molecule has 0 saturated heterocycles. The van der Waals surface area contributed by atoms with E-state index in [1.807, 2.05) is 4.90 Å². The molecule has 1 saturated carbocycles. The summed E-state index contributed by atoms with van der Waals surface area (Å²) in [7, 11) is 0. The molecule has 16 heavy (non-hydrogen) atoms. The molecule has 0 heterocycles. The Morgan fingerprint density at radius 1 is 1.25 bits per heavy atom. The zero-order valence-corrected chi connectivity index (χ0v) is 11.1. The lowest BCUT2D eigenvalue weighted by Crippen LogP contribution is -2.46. The lowest BCUT2D eigenvalue weighted by Gasteiger charge is -2.28. The molecule has 1 amide bonds. The summed E-state index contributed by atoms with van der Waals surface area (Å²) in [6.07, 6.45) is 3.11. The average Bonchev–Trinajstić information content (AvgIpc) is 2.94. The van der Waals surface area contributed by atoms with Crippen LogP contribution in [0.2, 0.25) is 0 Å². The van der Waals surface area contributed by atoms with Gasteiger partial charge in [-0.3, -0.25) is 4.79 Å². The largest absolute Gasteiger partial charge is 0.338 e. The van der Waals surface area contributed by atoms with E-state index < -0.39 is 0 Å². The van der Waals surface area contributed by atoms with Gasteiger partial charge >= 0.3 is 0 Å². The smallest absolute Gasteiger partial charge is 0.239 e. The highest BCUT2D eigenvalue weighted by Crippen LogP contribution is 2.28. The topological polar surface area (TPSA) is 46.3 Å². The van der Waals surface area contributed by atoms with E-state index in [4.69, 9.17) is 5.73 Å². The van der Waals surface area contributed by atoms with E-state index in [1.54, 1.807) is 0 Å². The molecule has 0 aromatic carbocycles. The molecule has 1 aliphatic rings. The van der Waals surface area contributed by atoms with Crippen LogP contribution in [0.3, 0.4) is 0 Å². The lowest BCUT2D eigenvalue weighted by molar-refractivity contribution is -0.134. The highest BCUT2D eigenvalue weighted by atomic mass is 16.2. The Kier molecular flexibility index (Phi) is 4.78. The molecule has 0 radical (unpaired) electrons. The molecular weight excluding hydrogens is 200 g/mol. The fourth-order valence-corrected chi connectivity index (χ4v) is 2.02. The zero-order chi connectivity index (χ0) is 12.3. The van der Waals surface area contributed by atoms with Crippen LogP contribution in [0.15, 0.2) is 0 Å². The Morgan fingerprint density at radius 2 is 1.81 bits per heavy atom. The molecule has 1 rings (SSSR count). The molecule has 0 aromatic heterocycles. The van der Waals surface area contributed by atoms with Crippen molar-refractivity contribution in [2.45, 2.75) is 59.0 Å². The van der Waals surface area contributed by atoms with Crippen LogP contribution in [0.25, 0.3) is 0 Å². The summed E-state index contributed by atoms with van der Waals surface area (Å²) in [4.78, 5) is 14.2. The molecule has 0 spiro atoms. The third kappa shape index (κ3) is 4.12. The second-order valence-corrected chi connectivity index (χ2v) is 5.85. The molecule has 3 nitrogen and oxygen atoms in total. The first-order chi connectivity index (χ1) is 7.41. The molecule has 0 aromatic rings. The van der Waals surface area contributed by atoms with Crippen LogP contribution >= 0.6 is 0 Å². The minimum atomic E-state index is -0.306. The zero-order valence-electron chi connectivity index (χ0n) is 11.1. The van der Waals surface area contributed by atoms with Crippen molar-refractivity contribution < 1.29 is 4.79 Å². The van der Waals surface area contributed by atoms with Gasteiger partial charge in [-0.05, 0) is 31.1 Å². The van der Waals surface area contributed by atoms with Gasteiger partial charge in [0.25, 0.3) is 0 Å². The Hall–Kier alpha value is -0.570. The third-order valence-corrected chi connectivity index (χ3v) is 2.88. The Morgan fingerprint density at radius 3 is 2.19 bits per heavy atom. The molecule has 3 heteroatoms. The van der Waals surface area contributed by atoms with Crippen molar-refractivity contribution in [3.63, 3.8) is 0 Å². The highest BCUT2D eigenvalue weighted by Gasteiger charge is 2.34. The van der Waals surface area contributed by atoms with Crippen molar-refractivity contribution in [1.29, 1.82) is 0 Å². The van der Waals surface area contributed by atoms with Gasteiger partial charge in [0, 0.05) is 12.6 Å². The maximum atomic E-state index is 12.2. The Labute approximate surface area is 99.4 Å². The van der Waals surface area contributed by atoms with Crippen molar-refractivity contribution >= 4 is 5.91 Å². The summed E-state index contributed by atoms with van der Waals surface area (Å²) < 4.78 is 0. The second-order valence-electron chi connectivity index (χ2n) is 5.85. The number of rotatable bonds is 6. The standard InChI is InChI=1S/C13H26N2O/c1-9(2)7-12(14)13(16)15(8-10(3)4)11-5-6-11/h9-12H,5-8,14H2,1-4H3/t12-/m1/s1. The van der Waals surface area contributed by atoms with Crippen LogP contribution < -0.4 is 5.73 Å². The number of hydrogen-bond acceptors (Lipinski definition) is 2. The number of carbonyl (C=O) groups excluding carboxylic acids is 1. The van der Waals surface area contributed by atoms with Crippen LogP contribution in [0.4, 0.5) is 0 Å². The van der Waals surface area contributed by atoms with Crippen LogP contribution in [0.5, 0.6) is 0 Å². The van der Waals surface area contributed by atoms with E-state index in [0.29, 0.717) is 17.9 Å². The molecule has 0 bridgehead atoms. The van der Waals surface area contributed by atoms with Crippen LogP contribution in [-0.2, 0) is 4.79 Å². The van der Waals surface area contributed by atoms with Gasteiger partial charge in [0.05, 0.1) is 6.04 Å². The van der Waals surface area contributed by atoms with Crippen molar-refractivity contribution in [2.24, 2.45) is 17.6 Å². The number of carbonyl (C=O) groups is 1. The van der Waals surface area contributed by atoms with Crippen LogP contribution in [0.1, 0.15) is 47.0 Å². The van der Waals surface area contributed by atoms with E-state index in [0.717, 1.165) is 25.8 Å². The van der Waals surface area contributed by atoms with Crippen molar-refractivity contribution in [3.8, 4) is 0 Å². The van der Waals surface area contributed by atoms with E-state index in [-0.39, 0.29) is 11.9 Å². The van der Waals surface area contributed by atoms with E-state index in [2.05, 4.69) is 27.7 Å². The first-order valence-electron chi connectivity index (χ1n) is 6.47. The normalized spacial score (nSPS) is 17.9. The van der Waals surface area contributed by atoms with Crippen LogP contribution in [0, 0.1) is 11.8 Å². The fourth-order valence-electron chi connectivity index (χ4n) is 2.02. The molecular formula is C13H26N2O. The molecule has 0 unspecified atom stereocenters. The van der Waals surface area contributed by atoms with E-state index >= 15 is 0 Å². The van der Waals surface area contributed by atoms with Gasteiger partial charge < -0.3 is 10.6 Å². The van der Waals surface area contributed by atoms with Crippen molar-refractivity contribution in [2.75, 3.05) is 6.54 Å². The number of amides is 1. The average molecular weight is 226 g/mol. The number of hydrogen-bond donors (Lipinski definition) is 1. The first-order valence-corrected chi connectivity index (χ1v) is 6.47. The van der Waals surface area contributed by atoms with Gasteiger partial charge in [-0.25, -0.2) is 0 Å². The first kappa shape index (κ1) is 13.5. The number of nitrogens with two attached hydrogens (primary N) is 1. The highest BCUT2D eigenvalue weighted by molar-refractivity contribution is 5.82. The molecule has 0 aliphatic heterocycles. The maximum Gasteiger partial charge on any atom is 0.239 e. The predicted molar refractivity (Wildman–Crippen MR) is 67.0 cm³/mol. The summed E-state index contributed by atoms with van der Waals surface area (Å²) >= 11 is 0. The van der Waals surface area contributed by atoms with E-state index in [9.17, 15) is 4.79 Å². The van der Waals surface area contributed by atoms with Crippen molar-refractivity contribution in [3.05, 3.63) is 0 Å². The van der Waals surface area contributed by atoms with Gasteiger partial charge in [-0.1, -0.05) is 27.7 Å². The molecule has 1 fully saturated rings. The Bertz CT molecular complexity index is 234. The van der Waals surface area contributed by atoms with E-state index in [1.165, 1.54) is 0 Å². The van der Waals surface area contributed by atoms with Gasteiger partial charge in [-0.15, -0.1) is 0 Å². The summed E-state index contributed by atoms with van der Waals surface area (Å²) in [5.74, 6) is 1.17. The summed E-state index contributed by atoms with van der Waals surface area (Å²) in [6, 6.07) is 0.174. The molecule has 94 valence electrons. The number of nitrogens with zero attached hydrogens (tertiary/aromatic N) is 1. The summed E-state index contributed by atoms with van der Waals surface area (Å²) in [5.41, 5.74) is 5.97. The minimum absolute atomic E-state index is 0.157. The monoisotopic (exact) mass is 226 g/mol. The second kappa shape index (κ2) is 5.67. The molecule has 1 atom stereocenters. The lowest BCUT2D eigenvalue weighted by atomic mass is 10.0. The van der Waals surface area contributed by atoms with Crippen LogP contribution in [-0.4, -0.2) is 29.4 Å². The quantitative estimate of drug-likeness (QED) is 0.753. The Balaban J connectivity index is 2.52. The summed E-state index contributed by atoms with van der Waals surface area (Å²) in [5, 5.41) is 0. The molecule has 1 aliphatic carbocycles.